The summed E-state index contributed by atoms with van der Waals surface area (Å²) in [4.78, 5) is 11.1. The zero-order valence-electron chi connectivity index (χ0n) is 10.2. The Balaban J connectivity index is 2.09. The fraction of sp³-hybridized carbons (Fsp3) is 0.909. The molecule has 0 aliphatic carbocycles. The van der Waals surface area contributed by atoms with Gasteiger partial charge in [-0.25, -0.2) is 0 Å². The van der Waals surface area contributed by atoms with Crippen LogP contribution in [0.1, 0.15) is 27.2 Å². The number of carbonyl (C=O) groups excluding carboxylic acids is 1. The summed E-state index contributed by atoms with van der Waals surface area (Å²) in [6, 6.07) is 0. The number of rotatable bonds is 3. The monoisotopic (exact) mass is 246 g/mol. The first kappa shape index (κ1) is 12.8. The lowest BCUT2D eigenvalue weighted by Crippen LogP contribution is -2.38. The average molecular weight is 246 g/mol. The van der Waals surface area contributed by atoms with Crippen molar-refractivity contribution >= 4 is 5.97 Å². The molecule has 2 rings (SSSR count). The maximum atomic E-state index is 11.1. The maximum absolute atomic E-state index is 11.1. The van der Waals surface area contributed by atoms with Gasteiger partial charge in [-0.3, -0.25) is 4.79 Å². The van der Waals surface area contributed by atoms with E-state index in [1.165, 1.54) is 6.92 Å². The summed E-state index contributed by atoms with van der Waals surface area (Å²) in [6.07, 6.45) is -1.48. The van der Waals surface area contributed by atoms with Crippen LogP contribution < -0.4 is 0 Å². The topological polar surface area (TPSA) is 74.2 Å². The molecule has 0 spiro atoms. The van der Waals surface area contributed by atoms with Gasteiger partial charge in [-0.15, -0.1) is 0 Å². The zero-order valence-corrected chi connectivity index (χ0v) is 10.2. The third-order valence-corrected chi connectivity index (χ3v) is 2.80. The van der Waals surface area contributed by atoms with E-state index in [1.807, 2.05) is 0 Å². The molecule has 0 saturated carbocycles. The maximum Gasteiger partial charge on any atom is 0.303 e. The predicted octanol–water partition coefficient (Wildman–Crippen LogP) is 0.177. The van der Waals surface area contributed by atoms with Crippen molar-refractivity contribution in [2.75, 3.05) is 6.61 Å². The molecule has 0 aromatic carbocycles. The van der Waals surface area contributed by atoms with E-state index in [1.54, 1.807) is 13.8 Å². The van der Waals surface area contributed by atoms with Gasteiger partial charge in [-0.1, -0.05) is 0 Å². The van der Waals surface area contributed by atoms with Crippen molar-refractivity contribution in [3.05, 3.63) is 0 Å². The molecule has 2 fully saturated rings. The van der Waals surface area contributed by atoms with Crippen LogP contribution in [0.4, 0.5) is 0 Å². The van der Waals surface area contributed by atoms with Crippen molar-refractivity contribution in [2.24, 2.45) is 0 Å². The first-order chi connectivity index (χ1) is 7.93. The highest BCUT2D eigenvalue weighted by atomic mass is 16.8. The first-order valence-electron chi connectivity index (χ1n) is 5.72. The number of aliphatic hydroxyl groups is 1. The van der Waals surface area contributed by atoms with Crippen LogP contribution in [0.3, 0.4) is 0 Å². The highest BCUT2D eigenvalue weighted by Gasteiger charge is 2.56. The Morgan fingerprint density at radius 2 is 2.12 bits per heavy atom. The van der Waals surface area contributed by atoms with Gasteiger partial charge >= 0.3 is 5.97 Å². The van der Waals surface area contributed by atoms with Crippen molar-refractivity contribution < 1.29 is 28.8 Å². The number of ether oxygens (including phenoxy) is 4. The van der Waals surface area contributed by atoms with E-state index in [2.05, 4.69) is 0 Å². The predicted molar refractivity (Wildman–Crippen MR) is 56.0 cm³/mol. The molecule has 0 amide bonds. The molecule has 98 valence electrons. The van der Waals surface area contributed by atoms with Crippen molar-refractivity contribution in [2.45, 2.75) is 57.6 Å². The lowest BCUT2D eigenvalue weighted by Gasteiger charge is -2.25. The second-order valence-electron chi connectivity index (χ2n) is 4.73. The van der Waals surface area contributed by atoms with Crippen molar-refractivity contribution in [1.82, 2.24) is 0 Å². The third kappa shape index (κ3) is 2.60. The summed E-state index contributed by atoms with van der Waals surface area (Å²) in [7, 11) is 0. The van der Waals surface area contributed by atoms with Gasteiger partial charge in [0.25, 0.3) is 0 Å². The van der Waals surface area contributed by atoms with E-state index in [4.69, 9.17) is 24.1 Å². The minimum atomic E-state index is -0.738. The van der Waals surface area contributed by atoms with E-state index in [9.17, 15) is 4.79 Å². The molecule has 0 bridgehead atoms. The summed E-state index contributed by atoms with van der Waals surface area (Å²) >= 11 is 0. The van der Waals surface area contributed by atoms with Crippen molar-refractivity contribution in [1.29, 1.82) is 0 Å². The van der Waals surface area contributed by atoms with E-state index in [0.717, 1.165) is 0 Å². The smallest absolute Gasteiger partial charge is 0.303 e. The van der Waals surface area contributed by atoms with Crippen LogP contribution in [0.15, 0.2) is 0 Å². The van der Waals surface area contributed by atoms with Crippen LogP contribution in [-0.2, 0) is 23.7 Å². The highest BCUT2D eigenvalue weighted by Crippen LogP contribution is 2.39. The zero-order chi connectivity index (χ0) is 12.6. The number of hydrogen-bond donors (Lipinski definition) is 1. The Labute approximate surface area is 99.8 Å². The van der Waals surface area contributed by atoms with Crippen LogP contribution in [0.2, 0.25) is 0 Å². The third-order valence-electron chi connectivity index (χ3n) is 2.80. The molecule has 0 unspecified atom stereocenters. The van der Waals surface area contributed by atoms with Gasteiger partial charge in [0.15, 0.2) is 24.3 Å². The molecule has 1 N–H and O–H groups in total. The number of fused-ring (bicyclic) bond motifs is 1. The molecule has 17 heavy (non-hydrogen) atoms. The largest absolute Gasteiger partial charge is 0.457 e. The van der Waals surface area contributed by atoms with E-state index in [-0.39, 0.29) is 12.7 Å². The minimum absolute atomic E-state index is 0.0364. The summed E-state index contributed by atoms with van der Waals surface area (Å²) in [5.74, 6) is -1.13. The number of esters is 1. The summed E-state index contributed by atoms with van der Waals surface area (Å²) in [5.41, 5.74) is 0. The SMILES string of the molecule is CC(=O)O[C@H]1[C@H]2OC(C)(C)O[C@H]2O[C@@H]1CCO. The second kappa shape index (κ2) is 4.53. The van der Waals surface area contributed by atoms with Gasteiger partial charge in [0.2, 0.25) is 0 Å². The minimum Gasteiger partial charge on any atom is -0.457 e. The molecular formula is C11H18O6. The Bertz CT molecular complexity index is 302. The van der Waals surface area contributed by atoms with Gasteiger partial charge in [-0.2, -0.15) is 0 Å². The number of hydrogen-bond acceptors (Lipinski definition) is 6. The standard InChI is InChI=1S/C11H18O6/c1-6(13)14-8-7(4-5-12)15-10-9(8)16-11(2,3)17-10/h7-10,12H,4-5H2,1-3H3/t7-,8-,9-,10-/m1/s1. The molecule has 0 radical (unpaired) electrons. The molecule has 2 aliphatic rings. The van der Waals surface area contributed by atoms with Gasteiger partial charge in [0.05, 0.1) is 0 Å². The van der Waals surface area contributed by atoms with Crippen LogP contribution >= 0.6 is 0 Å². The van der Waals surface area contributed by atoms with Crippen LogP contribution in [-0.4, -0.2) is 48.1 Å². The first-order valence-corrected chi connectivity index (χ1v) is 5.72. The van der Waals surface area contributed by atoms with Crippen LogP contribution in [0.25, 0.3) is 0 Å². The Morgan fingerprint density at radius 3 is 2.71 bits per heavy atom. The molecule has 4 atom stereocenters. The summed E-state index contributed by atoms with van der Waals surface area (Å²) in [5, 5.41) is 8.94. The second-order valence-corrected chi connectivity index (χ2v) is 4.73. The molecule has 2 saturated heterocycles. The Kier molecular flexibility index (Phi) is 3.40. The highest BCUT2D eigenvalue weighted by molar-refractivity contribution is 5.66. The fourth-order valence-electron chi connectivity index (χ4n) is 2.24. The van der Waals surface area contributed by atoms with Gasteiger partial charge < -0.3 is 24.1 Å². The fourth-order valence-corrected chi connectivity index (χ4v) is 2.24. The summed E-state index contributed by atoms with van der Waals surface area (Å²) < 4.78 is 22.0. The van der Waals surface area contributed by atoms with E-state index < -0.39 is 30.3 Å². The molecule has 6 nitrogen and oxygen atoms in total. The number of carbonyl (C=O) groups is 1. The van der Waals surface area contributed by atoms with Crippen molar-refractivity contribution in [3.63, 3.8) is 0 Å². The molecular weight excluding hydrogens is 228 g/mol. The lowest BCUT2D eigenvalue weighted by atomic mass is 10.1. The van der Waals surface area contributed by atoms with Crippen molar-refractivity contribution in [3.8, 4) is 0 Å². The molecule has 0 aromatic rings. The lowest BCUT2D eigenvalue weighted by molar-refractivity contribution is -0.219. The molecule has 0 aromatic heterocycles. The van der Waals surface area contributed by atoms with Crippen LogP contribution in [0, 0.1) is 0 Å². The molecule has 6 heteroatoms. The van der Waals surface area contributed by atoms with E-state index >= 15 is 0 Å². The molecule has 2 heterocycles. The van der Waals surface area contributed by atoms with Crippen LogP contribution in [0.5, 0.6) is 0 Å². The average Bonchev–Trinajstić information content (AvgIpc) is 2.62. The quantitative estimate of drug-likeness (QED) is 0.716. The number of aliphatic hydroxyl groups excluding tert-OH is 1. The Hall–Kier alpha value is -0.690. The van der Waals surface area contributed by atoms with Gasteiger partial charge in [0.1, 0.15) is 6.10 Å². The van der Waals surface area contributed by atoms with E-state index in [0.29, 0.717) is 6.42 Å². The van der Waals surface area contributed by atoms with Gasteiger partial charge in [-0.05, 0) is 13.8 Å². The normalized spacial score (nSPS) is 39.1. The van der Waals surface area contributed by atoms with Gasteiger partial charge in [0, 0.05) is 20.0 Å². The molecule has 2 aliphatic heterocycles. The Morgan fingerprint density at radius 1 is 1.41 bits per heavy atom. The summed E-state index contributed by atoms with van der Waals surface area (Å²) in [6.45, 7) is 4.86.